The Morgan fingerprint density at radius 2 is 1.51 bits per heavy atom. The second-order valence-corrected chi connectivity index (χ2v) is 9.40. The fourth-order valence-electron chi connectivity index (χ4n) is 5.38. The second-order valence-electron chi connectivity index (χ2n) is 9.40. The molecule has 0 bridgehead atoms. The zero-order chi connectivity index (χ0) is 23.8. The van der Waals surface area contributed by atoms with Crippen molar-refractivity contribution in [3.05, 3.63) is 95.6 Å². The van der Waals surface area contributed by atoms with E-state index in [2.05, 4.69) is 24.3 Å². The van der Waals surface area contributed by atoms with E-state index < -0.39 is 24.7 Å². The molecule has 2 saturated heterocycles. The fraction of sp³-hybridized carbons (Fsp3) is 0.321. The summed E-state index contributed by atoms with van der Waals surface area (Å²) in [6, 6.07) is 26.3. The van der Waals surface area contributed by atoms with Gasteiger partial charge in [0.15, 0.2) is 6.29 Å². The maximum Gasteiger partial charge on any atom is 0.508 e. The summed E-state index contributed by atoms with van der Waals surface area (Å²) in [5, 5.41) is 0. The fourth-order valence-corrected chi connectivity index (χ4v) is 5.38. The molecule has 4 unspecified atom stereocenters. The maximum atomic E-state index is 12.9. The SMILES string of the molecule is BC1COC2COC(c3ccccc3)O[C@@H]2C1OC(=O)OCC1c2ccccc2-c2ccccc21. The van der Waals surface area contributed by atoms with Crippen molar-refractivity contribution >= 4 is 14.0 Å². The average molecular weight is 470 g/mol. The molecule has 0 amide bonds. The number of rotatable bonds is 4. The summed E-state index contributed by atoms with van der Waals surface area (Å²) >= 11 is 0. The van der Waals surface area contributed by atoms with Gasteiger partial charge in [0, 0.05) is 18.1 Å². The first kappa shape index (κ1) is 22.3. The highest BCUT2D eigenvalue weighted by Gasteiger charge is 2.46. The van der Waals surface area contributed by atoms with Crippen molar-refractivity contribution in [3.63, 3.8) is 0 Å². The van der Waals surface area contributed by atoms with Gasteiger partial charge in [-0.2, -0.15) is 0 Å². The smallest absolute Gasteiger partial charge is 0.433 e. The molecule has 3 aromatic rings. The van der Waals surface area contributed by atoms with Gasteiger partial charge in [0.05, 0.1) is 6.61 Å². The van der Waals surface area contributed by atoms with Crippen LogP contribution in [0.4, 0.5) is 4.79 Å². The lowest BCUT2D eigenvalue weighted by molar-refractivity contribution is -0.299. The summed E-state index contributed by atoms with van der Waals surface area (Å²) in [7, 11) is 1.99. The van der Waals surface area contributed by atoms with Crippen molar-refractivity contribution < 1.29 is 28.5 Å². The summed E-state index contributed by atoms with van der Waals surface area (Å²) in [4.78, 5) is 12.9. The molecule has 0 saturated carbocycles. The Kier molecular flexibility index (Phi) is 6.06. The van der Waals surface area contributed by atoms with Gasteiger partial charge < -0.3 is 23.7 Å². The van der Waals surface area contributed by atoms with Gasteiger partial charge in [-0.05, 0) is 28.1 Å². The van der Waals surface area contributed by atoms with E-state index in [0.29, 0.717) is 13.2 Å². The van der Waals surface area contributed by atoms with E-state index in [1.54, 1.807) is 0 Å². The molecule has 0 N–H and O–H groups in total. The topological polar surface area (TPSA) is 63.2 Å². The number of fused-ring (bicyclic) bond motifs is 4. The van der Waals surface area contributed by atoms with Crippen molar-refractivity contribution in [2.75, 3.05) is 19.8 Å². The van der Waals surface area contributed by atoms with E-state index in [1.165, 1.54) is 22.3 Å². The van der Waals surface area contributed by atoms with Crippen molar-refractivity contribution in [3.8, 4) is 11.1 Å². The molecule has 5 atom stereocenters. The van der Waals surface area contributed by atoms with Gasteiger partial charge in [0.1, 0.15) is 32.8 Å². The molecule has 2 heterocycles. The number of ether oxygens (including phenoxy) is 5. The van der Waals surface area contributed by atoms with E-state index in [0.717, 1.165) is 5.56 Å². The number of benzene rings is 3. The van der Waals surface area contributed by atoms with Crippen LogP contribution in [0.1, 0.15) is 28.9 Å². The maximum absolute atomic E-state index is 12.9. The normalized spacial score (nSPS) is 27.4. The highest BCUT2D eigenvalue weighted by atomic mass is 16.8. The minimum atomic E-state index is -0.685. The van der Waals surface area contributed by atoms with Crippen LogP contribution in [0.25, 0.3) is 11.1 Å². The molecule has 3 aliphatic rings. The summed E-state index contributed by atoms with van der Waals surface area (Å²) in [6.45, 7) is 1.06. The van der Waals surface area contributed by atoms with Gasteiger partial charge in [0.2, 0.25) is 0 Å². The minimum absolute atomic E-state index is 0.0170. The predicted molar refractivity (Wildman–Crippen MR) is 132 cm³/mol. The van der Waals surface area contributed by atoms with E-state index in [-0.39, 0.29) is 24.4 Å². The Hall–Kier alpha value is -3.13. The zero-order valence-electron chi connectivity index (χ0n) is 19.5. The predicted octanol–water partition coefficient (Wildman–Crippen LogP) is 4.26. The lowest BCUT2D eigenvalue weighted by Gasteiger charge is -2.45. The van der Waals surface area contributed by atoms with Gasteiger partial charge in [-0.3, -0.25) is 0 Å². The Balaban J connectivity index is 1.14. The van der Waals surface area contributed by atoms with Crippen LogP contribution in [0, 0.1) is 0 Å². The first-order chi connectivity index (χ1) is 17.2. The molecule has 1 aliphatic carbocycles. The third kappa shape index (κ3) is 4.24. The molecule has 6 nitrogen and oxygen atoms in total. The molecule has 0 spiro atoms. The summed E-state index contributed by atoms with van der Waals surface area (Å²) in [6.07, 6.45) is -2.43. The molecule has 7 heteroatoms. The van der Waals surface area contributed by atoms with Gasteiger partial charge in [-0.25, -0.2) is 4.79 Å². The molecule has 35 heavy (non-hydrogen) atoms. The molecule has 2 aliphatic heterocycles. The molecule has 0 radical (unpaired) electrons. The Labute approximate surface area is 205 Å². The first-order valence-electron chi connectivity index (χ1n) is 12.1. The van der Waals surface area contributed by atoms with Crippen LogP contribution in [-0.2, 0) is 23.7 Å². The van der Waals surface area contributed by atoms with Crippen LogP contribution in [0.3, 0.4) is 0 Å². The number of carbonyl (C=O) groups is 1. The summed E-state index contributed by atoms with van der Waals surface area (Å²) in [5.41, 5.74) is 5.63. The molecular weight excluding hydrogens is 443 g/mol. The number of carbonyl (C=O) groups excluding carboxylic acids is 1. The van der Waals surface area contributed by atoms with Crippen LogP contribution >= 0.6 is 0 Å². The second kappa shape index (κ2) is 9.49. The highest BCUT2D eigenvalue weighted by Crippen LogP contribution is 2.44. The number of hydrogen-bond donors (Lipinski definition) is 0. The lowest BCUT2D eigenvalue weighted by atomic mass is 9.77. The third-order valence-electron chi connectivity index (χ3n) is 7.15. The van der Waals surface area contributed by atoms with Crippen molar-refractivity contribution in [2.24, 2.45) is 0 Å². The number of hydrogen-bond acceptors (Lipinski definition) is 6. The summed E-state index contributed by atoms with van der Waals surface area (Å²) in [5.74, 6) is -0.0529. The van der Waals surface area contributed by atoms with Crippen LogP contribution in [-0.4, -0.2) is 52.1 Å². The summed E-state index contributed by atoms with van der Waals surface area (Å²) < 4.78 is 29.6. The van der Waals surface area contributed by atoms with Crippen molar-refractivity contribution in [1.29, 1.82) is 0 Å². The largest absolute Gasteiger partial charge is 0.508 e. The van der Waals surface area contributed by atoms with Crippen LogP contribution in [0.5, 0.6) is 0 Å². The van der Waals surface area contributed by atoms with Crippen molar-refractivity contribution in [2.45, 2.75) is 36.3 Å². The average Bonchev–Trinajstić information content (AvgIpc) is 3.23. The Bertz CT molecular complexity index is 1160. The van der Waals surface area contributed by atoms with Crippen LogP contribution < -0.4 is 0 Å². The standard InChI is InChI=1S/C28H27BO6/c29-23-15-31-24-16-32-27(17-8-2-1-3-9-17)34-26(24)25(23)35-28(30)33-14-22-20-12-6-4-10-18(20)19-11-5-7-13-21(19)22/h1-13,22-27H,14-16,29H2/t23?,24?,25?,26-,27?/m0/s1. The van der Waals surface area contributed by atoms with Gasteiger partial charge in [0.25, 0.3) is 0 Å². The quantitative estimate of drug-likeness (QED) is 0.420. The van der Waals surface area contributed by atoms with Gasteiger partial charge in [-0.1, -0.05) is 78.9 Å². The molecule has 2 fully saturated rings. The van der Waals surface area contributed by atoms with Gasteiger partial charge in [-0.15, -0.1) is 0 Å². The minimum Gasteiger partial charge on any atom is -0.433 e. The van der Waals surface area contributed by atoms with Crippen LogP contribution in [0.15, 0.2) is 78.9 Å². The van der Waals surface area contributed by atoms with E-state index >= 15 is 0 Å². The molecule has 178 valence electrons. The molecular formula is C28H27BO6. The molecule has 0 aromatic heterocycles. The molecule has 6 rings (SSSR count). The van der Waals surface area contributed by atoms with E-state index in [9.17, 15) is 4.79 Å². The van der Waals surface area contributed by atoms with Crippen LogP contribution in [0.2, 0.25) is 5.82 Å². The van der Waals surface area contributed by atoms with E-state index in [1.807, 2.05) is 62.4 Å². The third-order valence-corrected chi connectivity index (χ3v) is 7.15. The Morgan fingerprint density at radius 3 is 2.23 bits per heavy atom. The lowest BCUT2D eigenvalue weighted by Crippen LogP contribution is -2.56. The molecule has 3 aromatic carbocycles. The van der Waals surface area contributed by atoms with E-state index in [4.69, 9.17) is 23.7 Å². The highest BCUT2D eigenvalue weighted by molar-refractivity contribution is 6.12. The van der Waals surface area contributed by atoms with Crippen molar-refractivity contribution in [1.82, 2.24) is 0 Å². The zero-order valence-corrected chi connectivity index (χ0v) is 19.5. The first-order valence-corrected chi connectivity index (χ1v) is 12.1. The monoisotopic (exact) mass is 470 g/mol. The van der Waals surface area contributed by atoms with Gasteiger partial charge >= 0.3 is 6.16 Å². The Morgan fingerprint density at radius 1 is 0.857 bits per heavy atom.